The summed E-state index contributed by atoms with van der Waals surface area (Å²) in [6, 6.07) is 9.27. The Kier molecular flexibility index (Phi) is 4.77. The summed E-state index contributed by atoms with van der Waals surface area (Å²) in [7, 11) is 1.54. The van der Waals surface area contributed by atoms with Crippen LogP contribution in [0.4, 0.5) is 24.8 Å². The number of aromatic nitrogens is 6. The van der Waals surface area contributed by atoms with Crippen LogP contribution in [0.25, 0.3) is 22.9 Å². The van der Waals surface area contributed by atoms with Crippen LogP contribution in [0.15, 0.2) is 59.6 Å². The van der Waals surface area contributed by atoms with Crippen LogP contribution in [0, 0.1) is 6.92 Å². The largest absolute Gasteiger partial charge is 0.494 e. The Morgan fingerprint density at radius 1 is 1.12 bits per heavy atom. The first kappa shape index (κ1) is 20.5. The van der Waals surface area contributed by atoms with Crippen LogP contribution >= 0.6 is 0 Å². The number of rotatable bonds is 5. The molecule has 0 bridgehead atoms. The monoisotopic (exact) mass is 455 g/mol. The molecular weight excluding hydrogens is 439 g/mol. The molecule has 0 unspecified atom stereocenters. The predicted molar refractivity (Wildman–Crippen MR) is 112 cm³/mol. The van der Waals surface area contributed by atoms with Gasteiger partial charge in [-0.3, -0.25) is 0 Å². The van der Waals surface area contributed by atoms with Crippen molar-refractivity contribution in [3.63, 3.8) is 0 Å². The molecule has 5 aromatic rings. The van der Waals surface area contributed by atoms with E-state index in [1.165, 1.54) is 24.0 Å². The quantitative estimate of drug-likeness (QED) is 0.412. The first-order chi connectivity index (χ1) is 15.8. The molecular formula is C21H16F3N7O2. The molecule has 0 spiro atoms. The lowest BCUT2D eigenvalue weighted by Crippen LogP contribution is -2.10. The number of imidazole rings is 1. The van der Waals surface area contributed by atoms with Crippen LogP contribution in [-0.4, -0.2) is 36.2 Å². The maximum atomic E-state index is 13.4. The van der Waals surface area contributed by atoms with Crippen LogP contribution in [0.2, 0.25) is 0 Å². The number of benzene rings is 1. The zero-order valence-corrected chi connectivity index (χ0v) is 17.3. The molecule has 0 fully saturated rings. The van der Waals surface area contributed by atoms with E-state index in [1.54, 1.807) is 24.5 Å². The van der Waals surface area contributed by atoms with Crippen molar-refractivity contribution >= 4 is 17.4 Å². The van der Waals surface area contributed by atoms with E-state index < -0.39 is 11.9 Å². The Hall–Kier alpha value is -4.35. The summed E-state index contributed by atoms with van der Waals surface area (Å²) in [5, 5.41) is 7.26. The number of anilines is 2. The number of alkyl halides is 3. The zero-order valence-electron chi connectivity index (χ0n) is 17.3. The number of methoxy groups -OCH3 is 1. The first-order valence-corrected chi connectivity index (χ1v) is 9.67. The standard InChI is InChI=1S/C21H16F3N7O2/c1-12-10-30(11-25-12)14-6-5-13(8-17(14)32-2)26-19-28-20-27-18(21(22,23)24)9-15(31(20)29-19)16-4-3-7-33-16/h3-11H,1-2H3,(H,26,29). The summed E-state index contributed by atoms with van der Waals surface area (Å²) in [6.07, 6.45) is 0.233. The summed E-state index contributed by atoms with van der Waals surface area (Å²) >= 11 is 0. The topological polar surface area (TPSA) is 95.3 Å². The Labute approximate surface area is 184 Å². The molecule has 1 N–H and O–H groups in total. The van der Waals surface area contributed by atoms with E-state index in [9.17, 15) is 13.2 Å². The third-order valence-electron chi connectivity index (χ3n) is 4.80. The lowest BCUT2D eigenvalue weighted by Gasteiger charge is -2.11. The Balaban J connectivity index is 1.54. The molecule has 12 heteroatoms. The fraction of sp³-hybridized carbons (Fsp3) is 0.143. The van der Waals surface area contributed by atoms with E-state index in [0.717, 1.165) is 17.4 Å². The van der Waals surface area contributed by atoms with Crippen molar-refractivity contribution < 1.29 is 22.3 Å². The fourth-order valence-electron chi connectivity index (χ4n) is 3.32. The lowest BCUT2D eigenvalue weighted by molar-refractivity contribution is -0.141. The summed E-state index contributed by atoms with van der Waals surface area (Å²) < 4.78 is 53.9. The maximum Gasteiger partial charge on any atom is 0.433 e. The van der Waals surface area contributed by atoms with Gasteiger partial charge < -0.3 is 19.0 Å². The van der Waals surface area contributed by atoms with Crippen molar-refractivity contribution in [3.05, 3.63) is 66.6 Å². The number of furan rings is 1. The van der Waals surface area contributed by atoms with Gasteiger partial charge in [-0.15, -0.1) is 5.10 Å². The van der Waals surface area contributed by atoms with Crippen LogP contribution in [0.3, 0.4) is 0 Å². The summed E-state index contributed by atoms with van der Waals surface area (Å²) in [5.41, 5.74) is 1.16. The number of nitrogens with zero attached hydrogens (tertiary/aromatic N) is 6. The van der Waals surface area contributed by atoms with Crippen LogP contribution in [0.1, 0.15) is 11.4 Å². The molecule has 0 amide bonds. The van der Waals surface area contributed by atoms with E-state index >= 15 is 0 Å². The molecule has 1 aromatic carbocycles. The van der Waals surface area contributed by atoms with Crippen LogP contribution in [-0.2, 0) is 6.18 Å². The highest BCUT2D eigenvalue weighted by molar-refractivity contribution is 5.64. The van der Waals surface area contributed by atoms with E-state index in [4.69, 9.17) is 9.15 Å². The third kappa shape index (κ3) is 3.86. The number of hydrogen-bond acceptors (Lipinski definition) is 7. The van der Waals surface area contributed by atoms with Gasteiger partial charge in [-0.05, 0) is 37.3 Å². The second-order valence-corrected chi connectivity index (χ2v) is 7.08. The van der Waals surface area contributed by atoms with Crippen molar-refractivity contribution in [2.75, 3.05) is 12.4 Å². The van der Waals surface area contributed by atoms with E-state index in [0.29, 0.717) is 11.4 Å². The smallest absolute Gasteiger partial charge is 0.433 e. The molecule has 9 nitrogen and oxygen atoms in total. The highest BCUT2D eigenvalue weighted by atomic mass is 19.4. The minimum absolute atomic E-state index is 0.0582. The Morgan fingerprint density at radius 3 is 2.64 bits per heavy atom. The Morgan fingerprint density at radius 2 is 1.97 bits per heavy atom. The average Bonchev–Trinajstić information content (AvgIpc) is 3.53. The molecule has 5 rings (SSSR count). The molecule has 4 aromatic heterocycles. The molecule has 0 aliphatic heterocycles. The van der Waals surface area contributed by atoms with E-state index in [2.05, 4.69) is 25.4 Å². The minimum atomic E-state index is -4.66. The fourth-order valence-corrected chi connectivity index (χ4v) is 3.32. The SMILES string of the molecule is COc1cc(Nc2nc3nc(C(F)(F)F)cc(-c4ccco4)n3n2)ccc1-n1cnc(C)c1. The van der Waals surface area contributed by atoms with Gasteiger partial charge in [0.2, 0.25) is 5.95 Å². The summed E-state index contributed by atoms with van der Waals surface area (Å²) in [6.45, 7) is 1.88. The van der Waals surface area contributed by atoms with Crippen molar-refractivity contribution in [1.29, 1.82) is 0 Å². The van der Waals surface area contributed by atoms with Crippen LogP contribution in [0.5, 0.6) is 5.75 Å². The molecule has 0 saturated carbocycles. The van der Waals surface area contributed by atoms with E-state index in [1.807, 2.05) is 23.8 Å². The number of hydrogen-bond donors (Lipinski definition) is 1. The molecule has 33 heavy (non-hydrogen) atoms. The van der Waals surface area contributed by atoms with Gasteiger partial charge in [-0.2, -0.15) is 22.7 Å². The molecule has 0 aliphatic carbocycles. The molecule has 0 saturated heterocycles. The van der Waals surface area contributed by atoms with Crippen LogP contribution < -0.4 is 10.1 Å². The van der Waals surface area contributed by atoms with Gasteiger partial charge >= 0.3 is 6.18 Å². The van der Waals surface area contributed by atoms with Crippen molar-refractivity contribution in [1.82, 2.24) is 29.1 Å². The average molecular weight is 455 g/mol. The van der Waals surface area contributed by atoms with Crippen molar-refractivity contribution in [2.45, 2.75) is 13.1 Å². The molecule has 4 heterocycles. The number of halogens is 3. The minimum Gasteiger partial charge on any atom is -0.494 e. The molecule has 0 atom stereocenters. The zero-order chi connectivity index (χ0) is 23.2. The summed E-state index contributed by atoms with van der Waals surface area (Å²) in [4.78, 5) is 12.0. The van der Waals surface area contributed by atoms with Gasteiger partial charge in [0.25, 0.3) is 5.78 Å². The van der Waals surface area contributed by atoms with E-state index in [-0.39, 0.29) is 23.2 Å². The lowest BCUT2D eigenvalue weighted by atomic mass is 10.2. The second-order valence-electron chi connectivity index (χ2n) is 7.08. The number of fused-ring (bicyclic) bond motifs is 1. The normalized spacial score (nSPS) is 11.8. The van der Waals surface area contributed by atoms with Gasteiger partial charge in [0.05, 0.1) is 31.1 Å². The van der Waals surface area contributed by atoms with Gasteiger partial charge in [-0.1, -0.05) is 0 Å². The maximum absolute atomic E-state index is 13.4. The van der Waals surface area contributed by atoms with Gasteiger partial charge in [-0.25, -0.2) is 9.97 Å². The highest BCUT2D eigenvalue weighted by Crippen LogP contribution is 2.32. The number of ether oxygens (including phenoxy) is 1. The van der Waals surface area contributed by atoms with Crippen molar-refractivity contribution in [2.24, 2.45) is 0 Å². The molecule has 0 aliphatic rings. The van der Waals surface area contributed by atoms with Gasteiger partial charge in [0.15, 0.2) is 11.5 Å². The number of aryl methyl sites for hydroxylation is 1. The van der Waals surface area contributed by atoms with Crippen molar-refractivity contribution in [3.8, 4) is 22.9 Å². The summed E-state index contributed by atoms with van der Waals surface area (Å²) in [5.74, 6) is 0.583. The molecule has 168 valence electrons. The highest BCUT2D eigenvalue weighted by Gasteiger charge is 2.34. The predicted octanol–water partition coefficient (Wildman–Crippen LogP) is 4.65. The molecule has 0 radical (unpaired) electrons. The first-order valence-electron chi connectivity index (χ1n) is 9.67. The second kappa shape index (κ2) is 7.65. The third-order valence-corrected chi connectivity index (χ3v) is 4.80. The Bertz CT molecular complexity index is 1440. The van der Waals surface area contributed by atoms with Gasteiger partial charge in [0, 0.05) is 18.0 Å². The van der Waals surface area contributed by atoms with Gasteiger partial charge in [0.1, 0.15) is 11.4 Å². The number of nitrogens with one attached hydrogen (secondary N) is 1.